The van der Waals surface area contributed by atoms with E-state index in [9.17, 15) is 13.2 Å². The lowest BCUT2D eigenvalue weighted by Crippen LogP contribution is -2.42. The molecule has 8 heteroatoms. The minimum Gasteiger partial charge on any atom is -0.494 e. The van der Waals surface area contributed by atoms with Crippen molar-refractivity contribution in [3.05, 3.63) is 55.1 Å². The summed E-state index contributed by atoms with van der Waals surface area (Å²) in [6.07, 6.45) is 2.52. The van der Waals surface area contributed by atoms with E-state index in [2.05, 4.69) is 11.3 Å². The Balaban J connectivity index is 1.86. The van der Waals surface area contributed by atoms with Gasteiger partial charge in [0, 0.05) is 12.6 Å². The van der Waals surface area contributed by atoms with Gasteiger partial charge in [0.05, 0.1) is 28.3 Å². The third kappa shape index (κ3) is 5.02. The van der Waals surface area contributed by atoms with Gasteiger partial charge in [-0.3, -0.25) is 9.52 Å². The van der Waals surface area contributed by atoms with Crippen LogP contribution in [0.5, 0.6) is 11.5 Å². The fourth-order valence-electron chi connectivity index (χ4n) is 3.17. The second-order valence-corrected chi connectivity index (χ2v) is 9.67. The third-order valence-electron chi connectivity index (χ3n) is 4.83. The number of amides is 1. The summed E-state index contributed by atoms with van der Waals surface area (Å²) >= 11 is 0. The maximum absolute atomic E-state index is 12.9. The molecule has 1 aliphatic rings. The van der Waals surface area contributed by atoms with E-state index in [0.29, 0.717) is 36.0 Å². The number of benzene rings is 2. The SMILES string of the molecule is C=CCN1C(=O)C(C)(C)COc2cc(NS(=O)(=O)c3ccc(OCCC)cc3)ccc21. The first-order valence-electron chi connectivity index (χ1n) is 10.1. The van der Waals surface area contributed by atoms with E-state index in [1.807, 2.05) is 20.8 Å². The van der Waals surface area contributed by atoms with Crippen LogP contribution >= 0.6 is 0 Å². The predicted molar refractivity (Wildman–Crippen MR) is 121 cm³/mol. The van der Waals surface area contributed by atoms with Gasteiger partial charge in [0.25, 0.3) is 10.0 Å². The normalized spacial score (nSPS) is 15.5. The van der Waals surface area contributed by atoms with Crippen LogP contribution in [0.2, 0.25) is 0 Å². The van der Waals surface area contributed by atoms with Crippen LogP contribution in [0.25, 0.3) is 0 Å². The number of carbonyl (C=O) groups excluding carboxylic acids is 1. The Bertz CT molecular complexity index is 1060. The van der Waals surface area contributed by atoms with Crippen molar-refractivity contribution in [3.8, 4) is 11.5 Å². The molecule has 0 spiro atoms. The quantitative estimate of drug-likeness (QED) is 0.617. The van der Waals surface area contributed by atoms with Crippen molar-refractivity contribution in [1.29, 1.82) is 0 Å². The first kappa shape index (κ1) is 22.7. The van der Waals surface area contributed by atoms with Crippen LogP contribution in [-0.4, -0.2) is 34.1 Å². The van der Waals surface area contributed by atoms with Crippen LogP contribution in [-0.2, 0) is 14.8 Å². The molecule has 0 bridgehead atoms. The Hall–Kier alpha value is -3.00. The number of ether oxygens (including phenoxy) is 2. The molecule has 0 radical (unpaired) electrons. The molecule has 2 aromatic rings. The van der Waals surface area contributed by atoms with Crippen molar-refractivity contribution in [2.45, 2.75) is 32.1 Å². The summed E-state index contributed by atoms with van der Waals surface area (Å²) in [5, 5.41) is 0. The molecule has 0 aromatic heterocycles. The Morgan fingerprint density at radius 3 is 2.58 bits per heavy atom. The van der Waals surface area contributed by atoms with Crippen molar-refractivity contribution in [2.24, 2.45) is 5.41 Å². The molecular weight excluding hydrogens is 416 g/mol. The van der Waals surface area contributed by atoms with Crippen molar-refractivity contribution >= 4 is 27.3 Å². The molecule has 7 nitrogen and oxygen atoms in total. The van der Waals surface area contributed by atoms with Gasteiger partial charge < -0.3 is 14.4 Å². The van der Waals surface area contributed by atoms with Gasteiger partial charge in [-0.05, 0) is 56.7 Å². The molecule has 31 heavy (non-hydrogen) atoms. The van der Waals surface area contributed by atoms with Crippen molar-refractivity contribution in [2.75, 3.05) is 29.4 Å². The van der Waals surface area contributed by atoms with Crippen molar-refractivity contribution in [1.82, 2.24) is 0 Å². The monoisotopic (exact) mass is 444 g/mol. The number of anilines is 2. The van der Waals surface area contributed by atoms with Crippen LogP contribution in [0.15, 0.2) is 60.0 Å². The Kier molecular flexibility index (Phi) is 6.59. The molecule has 0 atom stereocenters. The van der Waals surface area contributed by atoms with Crippen LogP contribution in [0.4, 0.5) is 11.4 Å². The maximum atomic E-state index is 12.9. The molecule has 1 heterocycles. The van der Waals surface area contributed by atoms with E-state index in [-0.39, 0.29) is 17.4 Å². The summed E-state index contributed by atoms with van der Waals surface area (Å²) < 4.78 is 39.6. The standard InChI is InChI=1S/C23H28N2O5S/c1-5-13-25-20-12-7-17(15-21(20)30-16-23(3,4)22(25)26)24-31(27,28)19-10-8-18(9-11-19)29-14-6-2/h5,7-12,15,24H,1,6,13-14,16H2,2-4H3. The number of hydrogen-bond donors (Lipinski definition) is 1. The maximum Gasteiger partial charge on any atom is 0.261 e. The molecule has 0 unspecified atom stereocenters. The molecule has 1 N–H and O–H groups in total. The van der Waals surface area contributed by atoms with E-state index in [1.165, 1.54) is 12.1 Å². The lowest BCUT2D eigenvalue weighted by atomic mass is 9.93. The van der Waals surface area contributed by atoms with Crippen LogP contribution < -0.4 is 19.1 Å². The summed E-state index contributed by atoms with van der Waals surface area (Å²) in [5.41, 5.74) is 0.204. The number of sulfonamides is 1. The Labute approximate surface area is 183 Å². The average Bonchev–Trinajstić information content (AvgIpc) is 2.82. The molecule has 3 rings (SSSR count). The summed E-state index contributed by atoms with van der Waals surface area (Å²) in [6, 6.07) is 11.1. The number of fused-ring (bicyclic) bond motifs is 1. The molecule has 0 aliphatic carbocycles. The number of nitrogens with one attached hydrogen (secondary N) is 1. The predicted octanol–water partition coefficient (Wildman–Crippen LogP) is 4.21. The zero-order valence-corrected chi connectivity index (χ0v) is 18.9. The highest BCUT2D eigenvalue weighted by Gasteiger charge is 2.37. The van der Waals surface area contributed by atoms with Crippen LogP contribution in [0, 0.1) is 5.41 Å². The van der Waals surface area contributed by atoms with Crippen LogP contribution in [0.1, 0.15) is 27.2 Å². The number of carbonyl (C=O) groups is 1. The molecule has 1 amide bonds. The molecule has 2 aromatic carbocycles. The van der Waals surface area contributed by atoms with Crippen molar-refractivity contribution in [3.63, 3.8) is 0 Å². The minimum absolute atomic E-state index is 0.0788. The number of nitrogens with zero attached hydrogens (tertiary/aromatic N) is 1. The van der Waals surface area contributed by atoms with Crippen LogP contribution in [0.3, 0.4) is 0 Å². The van der Waals surface area contributed by atoms with Gasteiger partial charge in [0.1, 0.15) is 18.1 Å². The van der Waals surface area contributed by atoms with Gasteiger partial charge in [-0.25, -0.2) is 8.42 Å². The molecule has 166 valence electrons. The highest BCUT2D eigenvalue weighted by Crippen LogP contribution is 2.38. The Morgan fingerprint density at radius 2 is 1.94 bits per heavy atom. The van der Waals surface area contributed by atoms with Crippen molar-refractivity contribution < 1.29 is 22.7 Å². The first-order valence-corrected chi connectivity index (χ1v) is 11.6. The second kappa shape index (κ2) is 9.01. The highest BCUT2D eigenvalue weighted by molar-refractivity contribution is 7.92. The van der Waals surface area contributed by atoms with Gasteiger partial charge in [0.15, 0.2) is 0 Å². The zero-order valence-electron chi connectivity index (χ0n) is 18.1. The summed E-state index contributed by atoms with van der Waals surface area (Å²) in [6.45, 7) is 10.4. The molecule has 0 saturated heterocycles. The summed E-state index contributed by atoms with van der Waals surface area (Å²) in [4.78, 5) is 14.6. The lowest BCUT2D eigenvalue weighted by Gasteiger charge is -2.27. The van der Waals surface area contributed by atoms with Gasteiger partial charge in [0.2, 0.25) is 5.91 Å². The van der Waals surface area contributed by atoms with E-state index in [0.717, 1.165) is 6.42 Å². The average molecular weight is 445 g/mol. The first-order chi connectivity index (χ1) is 14.7. The topological polar surface area (TPSA) is 84.9 Å². The van der Waals surface area contributed by atoms with Gasteiger partial charge in [-0.1, -0.05) is 13.0 Å². The fourth-order valence-corrected chi connectivity index (χ4v) is 4.22. The van der Waals surface area contributed by atoms with Gasteiger partial charge in [-0.15, -0.1) is 6.58 Å². The second-order valence-electron chi connectivity index (χ2n) is 7.98. The van der Waals surface area contributed by atoms with Gasteiger partial charge >= 0.3 is 0 Å². The lowest BCUT2D eigenvalue weighted by molar-refractivity contribution is -0.127. The van der Waals surface area contributed by atoms with E-state index < -0.39 is 15.4 Å². The number of hydrogen-bond acceptors (Lipinski definition) is 5. The largest absolute Gasteiger partial charge is 0.494 e. The molecule has 1 aliphatic heterocycles. The zero-order chi connectivity index (χ0) is 22.6. The smallest absolute Gasteiger partial charge is 0.261 e. The molecule has 0 saturated carbocycles. The fraction of sp³-hybridized carbons (Fsp3) is 0.348. The van der Waals surface area contributed by atoms with E-state index >= 15 is 0 Å². The van der Waals surface area contributed by atoms with E-state index in [1.54, 1.807) is 41.3 Å². The number of rotatable bonds is 8. The molecular formula is C23H28N2O5S. The third-order valence-corrected chi connectivity index (χ3v) is 6.23. The summed E-state index contributed by atoms with van der Waals surface area (Å²) in [7, 11) is -3.80. The van der Waals surface area contributed by atoms with Gasteiger partial charge in [-0.2, -0.15) is 0 Å². The Morgan fingerprint density at radius 1 is 1.23 bits per heavy atom. The van der Waals surface area contributed by atoms with E-state index in [4.69, 9.17) is 9.47 Å². The highest BCUT2D eigenvalue weighted by atomic mass is 32.2. The summed E-state index contributed by atoms with van der Waals surface area (Å²) in [5.74, 6) is 0.975. The minimum atomic E-state index is -3.80. The molecule has 0 fully saturated rings.